The summed E-state index contributed by atoms with van der Waals surface area (Å²) in [5.41, 5.74) is 2.59. The van der Waals surface area contributed by atoms with E-state index < -0.39 is 0 Å². The first-order valence-corrected chi connectivity index (χ1v) is 6.46. The van der Waals surface area contributed by atoms with E-state index >= 15 is 0 Å². The third-order valence-corrected chi connectivity index (χ3v) is 2.85. The van der Waals surface area contributed by atoms with Crippen LogP contribution >= 0.6 is 0 Å². The van der Waals surface area contributed by atoms with E-state index in [1.807, 2.05) is 0 Å². The van der Waals surface area contributed by atoms with Crippen molar-refractivity contribution in [1.29, 1.82) is 0 Å². The molecule has 4 N–H and O–H groups in total. The molecule has 0 spiro atoms. The summed E-state index contributed by atoms with van der Waals surface area (Å²) in [5.74, 6) is 6.63. The molecular formula is C12H29N5. The third kappa shape index (κ3) is 7.99. The summed E-state index contributed by atoms with van der Waals surface area (Å²) in [6.45, 7) is 11.3. The Kier molecular flexibility index (Phi) is 8.80. The highest BCUT2D eigenvalue weighted by atomic mass is 15.3. The van der Waals surface area contributed by atoms with Gasteiger partial charge in [-0.25, -0.2) is 5.84 Å². The Bertz CT molecular complexity index is 215. The summed E-state index contributed by atoms with van der Waals surface area (Å²) < 4.78 is 0. The average Bonchev–Trinajstić information content (AvgIpc) is 2.31. The molecule has 0 aromatic heterocycles. The quantitative estimate of drug-likeness (QED) is 0.268. The van der Waals surface area contributed by atoms with Gasteiger partial charge in [0.25, 0.3) is 0 Å². The van der Waals surface area contributed by atoms with Crippen molar-refractivity contribution >= 4 is 5.96 Å². The summed E-state index contributed by atoms with van der Waals surface area (Å²) in [7, 11) is 2.14. The zero-order chi connectivity index (χ0) is 13.3. The molecule has 17 heavy (non-hydrogen) atoms. The van der Waals surface area contributed by atoms with Gasteiger partial charge in [0, 0.05) is 25.7 Å². The molecular weight excluding hydrogens is 214 g/mol. The van der Waals surface area contributed by atoms with Crippen LogP contribution in [0.1, 0.15) is 34.1 Å². The number of aliphatic imine (C=N–C) groups is 1. The molecule has 0 radical (unpaired) electrons. The molecule has 0 heterocycles. The first-order chi connectivity index (χ1) is 8.01. The van der Waals surface area contributed by atoms with Crippen molar-refractivity contribution in [2.45, 2.75) is 40.2 Å². The number of hydrogen-bond acceptors (Lipinski definition) is 3. The molecule has 0 saturated heterocycles. The molecule has 0 fully saturated rings. The molecule has 1 atom stereocenters. The van der Waals surface area contributed by atoms with Crippen LogP contribution in [0.5, 0.6) is 0 Å². The molecule has 102 valence electrons. The van der Waals surface area contributed by atoms with Crippen LogP contribution in [-0.4, -0.2) is 43.6 Å². The molecule has 1 unspecified atom stereocenters. The molecule has 5 heteroatoms. The summed E-state index contributed by atoms with van der Waals surface area (Å²) >= 11 is 0. The first kappa shape index (κ1) is 16.2. The minimum Gasteiger partial charge on any atom is -0.354 e. The van der Waals surface area contributed by atoms with Gasteiger partial charge < -0.3 is 10.2 Å². The first-order valence-electron chi connectivity index (χ1n) is 6.46. The van der Waals surface area contributed by atoms with Crippen molar-refractivity contribution in [3.05, 3.63) is 0 Å². The predicted octanol–water partition coefficient (Wildman–Crippen LogP) is 0.782. The van der Waals surface area contributed by atoms with Gasteiger partial charge in [-0.1, -0.05) is 20.8 Å². The zero-order valence-corrected chi connectivity index (χ0v) is 12.0. The SMILES string of the molecule is CCC(C)N(C)CCNC(=NCC(C)C)NN. The fourth-order valence-corrected chi connectivity index (χ4v) is 1.31. The Morgan fingerprint density at radius 3 is 2.47 bits per heavy atom. The van der Waals surface area contributed by atoms with Gasteiger partial charge in [0.2, 0.25) is 5.96 Å². The number of hydrazine groups is 1. The highest BCUT2D eigenvalue weighted by molar-refractivity contribution is 5.79. The Balaban J connectivity index is 3.87. The maximum absolute atomic E-state index is 5.40. The van der Waals surface area contributed by atoms with E-state index in [0.29, 0.717) is 17.9 Å². The Morgan fingerprint density at radius 2 is 2.00 bits per heavy atom. The van der Waals surface area contributed by atoms with Crippen LogP contribution in [0.4, 0.5) is 0 Å². The topological polar surface area (TPSA) is 65.7 Å². The molecule has 0 aromatic rings. The van der Waals surface area contributed by atoms with Gasteiger partial charge >= 0.3 is 0 Å². The molecule has 0 aliphatic carbocycles. The molecule has 0 aliphatic heterocycles. The molecule has 0 aliphatic rings. The molecule has 5 nitrogen and oxygen atoms in total. The lowest BCUT2D eigenvalue weighted by Gasteiger charge is -2.23. The van der Waals surface area contributed by atoms with E-state index in [1.54, 1.807) is 0 Å². The van der Waals surface area contributed by atoms with Crippen LogP contribution in [0, 0.1) is 5.92 Å². The maximum atomic E-state index is 5.40. The van der Waals surface area contributed by atoms with E-state index in [2.05, 4.69) is 55.4 Å². The smallest absolute Gasteiger partial charge is 0.205 e. The van der Waals surface area contributed by atoms with E-state index in [9.17, 15) is 0 Å². The molecule has 0 rings (SSSR count). The van der Waals surface area contributed by atoms with Crippen LogP contribution in [0.2, 0.25) is 0 Å². The van der Waals surface area contributed by atoms with Gasteiger partial charge in [-0.2, -0.15) is 0 Å². The van der Waals surface area contributed by atoms with Crippen LogP contribution in [-0.2, 0) is 0 Å². The van der Waals surface area contributed by atoms with Crippen molar-refractivity contribution in [1.82, 2.24) is 15.6 Å². The van der Waals surface area contributed by atoms with E-state index in [0.717, 1.165) is 19.6 Å². The monoisotopic (exact) mass is 243 g/mol. The normalized spacial score (nSPS) is 14.2. The van der Waals surface area contributed by atoms with Gasteiger partial charge in [0.05, 0.1) is 0 Å². The minimum absolute atomic E-state index is 0.544. The fraction of sp³-hybridized carbons (Fsp3) is 0.917. The summed E-state index contributed by atoms with van der Waals surface area (Å²) in [6, 6.07) is 0.610. The van der Waals surface area contributed by atoms with E-state index in [4.69, 9.17) is 5.84 Å². The van der Waals surface area contributed by atoms with Crippen LogP contribution in [0.3, 0.4) is 0 Å². The fourth-order valence-electron chi connectivity index (χ4n) is 1.31. The summed E-state index contributed by atoms with van der Waals surface area (Å²) in [6.07, 6.45) is 1.17. The van der Waals surface area contributed by atoms with Crippen molar-refractivity contribution < 1.29 is 0 Å². The van der Waals surface area contributed by atoms with Crippen LogP contribution < -0.4 is 16.6 Å². The zero-order valence-electron chi connectivity index (χ0n) is 12.0. The van der Waals surface area contributed by atoms with Crippen molar-refractivity contribution in [2.75, 3.05) is 26.7 Å². The van der Waals surface area contributed by atoms with Gasteiger partial charge in [-0.3, -0.25) is 10.4 Å². The van der Waals surface area contributed by atoms with Crippen LogP contribution in [0.25, 0.3) is 0 Å². The van der Waals surface area contributed by atoms with Crippen molar-refractivity contribution in [2.24, 2.45) is 16.8 Å². The highest BCUT2D eigenvalue weighted by Gasteiger charge is 2.05. The van der Waals surface area contributed by atoms with Gasteiger partial charge in [-0.15, -0.1) is 0 Å². The number of nitrogens with two attached hydrogens (primary N) is 1. The lowest BCUT2D eigenvalue weighted by Crippen LogP contribution is -2.45. The van der Waals surface area contributed by atoms with Gasteiger partial charge in [0.1, 0.15) is 0 Å². The average molecular weight is 243 g/mol. The molecule has 0 amide bonds. The largest absolute Gasteiger partial charge is 0.354 e. The van der Waals surface area contributed by atoms with Crippen LogP contribution in [0.15, 0.2) is 4.99 Å². The van der Waals surface area contributed by atoms with E-state index in [-0.39, 0.29) is 0 Å². The standard InChI is InChI=1S/C12H29N5/c1-6-11(4)17(5)8-7-14-12(16-13)15-9-10(2)3/h10-11H,6-9,13H2,1-5H3,(H2,14,15,16). The van der Waals surface area contributed by atoms with Crippen molar-refractivity contribution in [3.8, 4) is 0 Å². The maximum Gasteiger partial charge on any atom is 0.205 e. The number of nitrogens with zero attached hydrogens (tertiary/aromatic N) is 2. The molecule has 0 saturated carbocycles. The predicted molar refractivity (Wildman–Crippen MR) is 74.8 cm³/mol. The second-order valence-corrected chi connectivity index (χ2v) is 4.89. The van der Waals surface area contributed by atoms with Gasteiger partial charge in [0.15, 0.2) is 0 Å². The number of guanidine groups is 1. The second-order valence-electron chi connectivity index (χ2n) is 4.89. The Hall–Kier alpha value is -0.810. The van der Waals surface area contributed by atoms with Gasteiger partial charge in [-0.05, 0) is 26.3 Å². The molecule has 0 aromatic carbocycles. The Morgan fingerprint density at radius 1 is 1.35 bits per heavy atom. The minimum atomic E-state index is 0.544. The lowest BCUT2D eigenvalue weighted by molar-refractivity contribution is 0.255. The number of rotatable bonds is 7. The highest BCUT2D eigenvalue weighted by Crippen LogP contribution is 1.98. The number of hydrogen-bond donors (Lipinski definition) is 3. The number of likely N-dealkylation sites (N-methyl/N-ethyl adjacent to an activating group) is 1. The van der Waals surface area contributed by atoms with Crippen molar-refractivity contribution in [3.63, 3.8) is 0 Å². The summed E-state index contributed by atoms with van der Waals surface area (Å²) in [4.78, 5) is 6.68. The van der Waals surface area contributed by atoms with E-state index in [1.165, 1.54) is 6.42 Å². The second kappa shape index (κ2) is 9.24. The third-order valence-electron chi connectivity index (χ3n) is 2.85. The number of nitrogens with one attached hydrogen (secondary N) is 2. The summed E-state index contributed by atoms with van der Waals surface area (Å²) in [5, 5.41) is 3.21. The molecule has 0 bridgehead atoms. The lowest BCUT2D eigenvalue weighted by atomic mass is 10.2. The Labute approximate surface area is 106 Å².